The number of hydrogen-bond donors (Lipinski definition) is 2. The maximum absolute atomic E-state index is 12.7. The molecule has 2 aliphatic rings. The Bertz CT molecular complexity index is 603. The minimum absolute atomic E-state index is 0.132. The molecule has 3 atom stereocenters. The van der Waals surface area contributed by atoms with Crippen molar-refractivity contribution in [2.75, 3.05) is 19.6 Å². The third-order valence-corrected chi connectivity index (χ3v) is 4.91. The average Bonchev–Trinajstić information content (AvgIpc) is 3.05. The van der Waals surface area contributed by atoms with E-state index in [2.05, 4.69) is 22.7 Å². The number of nitrogens with one attached hydrogen (secondary N) is 2. The Morgan fingerprint density at radius 3 is 2.88 bits per heavy atom. The number of nitrogens with zero attached hydrogens (tertiary/aromatic N) is 3. The summed E-state index contributed by atoms with van der Waals surface area (Å²) in [6, 6.07) is 1.15. The zero-order valence-electron chi connectivity index (χ0n) is 14.2. The van der Waals surface area contributed by atoms with Gasteiger partial charge in [-0.25, -0.2) is 4.79 Å². The number of halogens is 3. The average molecular weight is 359 g/mol. The van der Waals surface area contributed by atoms with Gasteiger partial charge in [0, 0.05) is 31.4 Å². The van der Waals surface area contributed by atoms with E-state index in [1.54, 1.807) is 4.90 Å². The lowest BCUT2D eigenvalue weighted by Gasteiger charge is -2.35. The van der Waals surface area contributed by atoms with Crippen LogP contribution in [0, 0.1) is 0 Å². The second kappa shape index (κ2) is 7.23. The molecule has 0 bridgehead atoms. The third kappa shape index (κ3) is 4.45. The first kappa shape index (κ1) is 18.0. The predicted octanol–water partition coefficient (Wildman–Crippen LogP) is 2.39. The lowest BCUT2D eigenvalue weighted by Crippen LogP contribution is -2.52. The van der Waals surface area contributed by atoms with Crippen molar-refractivity contribution in [2.24, 2.45) is 0 Å². The van der Waals surface area contributed by atoms with E-state index in [0.717, 1.165) is 31.9 Å². The highest BCUT2D eigenvalue weighted by Gasteiger charge is 2.35. The molecule has 3 heterocycles. The second-order valence-corrected chi connectivity index (χ2v) is 6.95. The molecule has 140 valence electrons. The first-order chi connectivity index (χ1) is 11.8. The van der Waals surface area contributed by atoms with E-state index in [4.69, 9.17) is 0 Å². The van der Waals surface area contributed by atoms with E-state index >= 15 is 0 Å². The maximum atomic E-state index is 12.7. The van der Waals surface area contributed by atoms with Gasteiger partial charge < -0.3 is 15.5 Å². The zero-order chi connectivity index (χ0) is 18.0. The molecule has 3 rings (SSSR count). The Hall–Kier alpha value is -1.77. The number of alkyl halides is 3. The molecule has 6 nitrogen and oxygen atoms in total. The highest BCUT2D eigenvalue weighted by Crippen LogP contribution is 2.29. The van der Waals surface area contributed by atoms with Crippen molar-refractivity contribution in [3.8, 4) is 0 Å². The van der Waals surface area contributed by atoms with Gasteiger partial charge in [-0.2, -0.15) is 18.3 Å². The molecule has 2 saturated heterocycles. The van der Waals surface area contributed by atoms with Crippen LogP contribution in [0.1, 0.15) is 44.3 Å². The molecule has 1 aromatic heterocycles. The summed E-state index contributed by atoms with van der Waals surface area (Å²) >= 11 is 0. The van der Waals surface area contributed by atoms with Crippen LogP contribution < -0.4 is 10.6 Å². The highest BCUT2D eigenvalue weighted by molar-refractivity contribution is 5.74. The summed E-state index contributed by atoms with van der Waals surface area (Å²) in [6.45, 7) is 3.97. The van der Waals surface area contributed by atoms with Crippen molar-refractivity contribution in [1.82, 2.24) is 25.3 Å². The molecular formula is C16H24F3N5O. The normalized spacial score (nSPS) is 28.0. The summed E-state index contributed by atoms with van der Waals surface area (Å²) < 4.78 is 39.5. The SMILES string of the molecule is CC1CC(NC(=O)N2CCCC(n3ccc(C(F)(F)F)n3)C2)CCN1. The van der Waals surface area contributed by atoms with Crippen LogP contribution in [0.25, 0.3) is 0 Å². The largest absolute Gasteiger partial charge is 0.435 e. The molecule has 2 fully saturated rings. The molecule has 1 aromatic rings. The van der Waals surface area contributed by atoms with Crippen LogP contribution in [-0.2, 0) is 6.18 Å². The van der Waals surface area contributed by atoms with Gasteiger partial charge in [-0.15, -0.1) is 0 Å². The van der Waals surface area contributed by atoms with Crippen LogP contribution in [0.5, 0.6) is 0 Å². The molecule has 9 heteroatoms. The molecule has 2 amide bonds. The highest BCUT2D eigenvalue weighted by atomic mass is 19.4. The van der Waals surface area contributed by atoms with E-state index < -0.39 is 11.9 Å². The quantitative estimate of drug-likeness (QED) is 0.852. The molecule has 0 aromatic carbocycles. The van der Waals surface area contributed by atoms with Gasteiger partial charge in [0.1, 0.15) is 0 Å². The zero-order valence-corrected chi connectivity index (χ0v) is 14.2. The Labute approximate surface area is 144 Å². The second-order valence-electron chi connectivity index (χ2n) is 6.95. The van der Waals surface area contributed by atoms with Crippen molar-refractivity contribution < 1.29 is 18.0 Å². The van der Waals surface area contributed by atoms with Gasteiger partial charge in [0.15, 0.2) is 5.69 Å². The van der Waals surface area contributed by atoms with Crippen LogP contribution >= 0.6 is 0 Å². The monoisotopic (exact) mass is 359 g/mol. The first-order valence-electron chi connectivity index (χ1n) is 8.74. The summed E-state index contributed by atoms with van der Waals surface area (Å²) in [5.74, 6) is 0. The summed E-state index contributed by atoms with van der Waals surface area (Å²) in [4.78, 5) is 14.2. The van der Waals surface area contributed by atoms with Crippen LogP contribution in [0.4, 0.5) is 18.0 Å². The van der Waals surface area contributed by atoms with E-state index in [-0.39, 0.29) is 18.1 Å². The minimum atomic E-state index is -4.44. The van der Waals surface area contributed by atoms with Gasteiger partial charge in [0.25, 0.3) is 0 Å². The molecule has 0 aliphatic carbocycles. The Kier molecular flexibility index (Phi) is 5.21. The fraction of sp³-hybridized carbons (Fsp3) is 0.750. The maximum Gasteiger partial charge on any atom is 0.435 e. The molecule has 3 unspecified atom stereocenters. The van der Waals surface area contributed by atoms with Crippen LogP contribution in [0.15, 0.2) is 12.3 Å². The number of amides is 2. The molecule has 0 spiro atoms. The lowest BCUT2D eigenvalue weighted by atomic mass is 10.0. The van der Waals surface area contributed by atoms with Crippen LogP contribution in [0.2, 0.25) is 0 Å². The van der Waals surface area contributed by atoms with Gasteiger partial charge in [0.2, 0.25) is 0 Å². The number of aromatic nitrogens is 2. The van der Waals surface area contributed by atoms with Crippen LogP contribution in [0.3, 0.4) is 0 Å². The number of rotatable bonds is 2. The van der Waals surface area contributed by atoms with Gasteiger partial charge in [-0.05, 0) is 45.2 Å². The Morgan fingerprint density at radius 1 is 1.40 bits per heavy atom. The van der Waals surface area contributed by atoms with E-state index in [9.17, 15) is 18.0 Å². The number of urea groups is 1. The van der Waals surface area contributed by atoms with Crippen molar-refractivity contribution in [1.29, 1.82) is 0 Å². The Balaban J connectivity index is 1.59. The van der Waals surface area contributed by atoms with Gasteiger partial charge in [-0.3, -0.25) is 4.68 Å². The van der Waals surface area contributed by atoms with Crippen molar-refractivity contribution in [2.45, 2.75) is 56.9 Å². The molecule has 0 radical (unpaired) electrons. The molecule has 2 aliphatic heterocycles. The van der Waals surface area contributed by atoms with E-state index in [1.165, 1.54) is 10.9 Å². The molecule has 25 heavy (non-hydrogen) atoms. The number of hydrogen-bond acceptors (Lipinski definition) is 3. The van der Waals surface area contributed by atoms with Gasteiger partial charge in [-0.1, -0.05) is 0 Å². The smallest absolute Gasteiger partial charge is 0.335 e. The molecule has 0 saturated carbocycles. The first-order valence-corrected chi connectivity index (χ1v) is 8.74. The minimum Gasteiger partial charge on any atom is -0.335 e. The number of carbonyl (C=O) groups is 1. The summed E-state index contributed by atoms with van der Waals surface area (Å²) in [7, 11) is 0. The van der Waals surface area contributed by atoms with Gasteiger partial charge >= 0.3 is 12.2 Å². The summed E-state index contributed by atoms with van der Waals surface area (Å²) in [6.07, 6.45) is 0.152. The topological polar surface area (TPSA) is 62.2 Å². The fourth-order valence-corrected chi connectivity index (χ4v) is 3.58. The van der Waals surface area contributed by atoms with Crippen LogP contribution in [-0.4, -0.2) is 52.4 Å². The lowest BCUT2D eigenvalue weighted by molar-refractivity contribution is -0.141. The van der Waals surface area contributed by atoms with Crippen molar-refractivity contribution in [3.63, 3.8) is 0 Å². The third-order valence-electron chi connectivity index (χ3n) is 4.91. The Morgan fingerprint density at radius 2 is 2.20 bits per heavy atom. The van der Waals surface area contributed by atoms with E-state index in [0.29, 0.717) is 25.6 Å². The number of likely N-dealkylation sites (tertiary alicyclic amines) is 1. The molecular weight excluding hydrogens is 335 g/mol. The number of piperidine rings is 2. The standard InChI is InChI=1S/C16H24F3N5O/c1-11-9-12(4-6-20-11)21-15(25)23-7-2-3-13(10-23)24-8-5-14(22-24)16(17,18)19/h5,8,11-13,20H,2-4,6-7,9-10H2,1H3,(H,21,25). The predicted molar refractivity (Wildman–Crippen MR) is 86.1 cm³/mol. The van der Waals surface area contributed by atoms with Gasteiger partial charge in [0.05, 0.1) is 6.04 Å². The number of carbonyl (C=O) groups excluding carboxylic acids is 1. The summed E-state index contributed by atoms with van der Waals surface area (Å²) in [5.41, 5.74) is -0.891. The summed E-state index contributed by atoms with van der Waals surface area (Å²) in [5, 5.41) is 10.0. The molecule has 2 N–H and O–H groups in total. The van der Waals surface area contributed by atoms with Crippen molar-refractivity contribution in [3.05, 3.63) is 18.0 Å². The van der Waals surface area contributed by atoms with E-state index in [1.807, 2.05) is 0 Å². The fourth-order valence-electron chi connectivity index (χ4n) is 3.58. The van der Waals surface area contributed by atoms with Crippen molar-refractivity contribution >= 4 is 6.03 Å².